The number of thioether (sulfide) groups is 2. The first kappa shape index (κ1) is 21.1. The van der Waals surface area contributed by atoms with Gasteiger partial charge in [0.2, 0.25) is 0 Å². The molecule has 1 aromatic heterocycles. The van der Waals surface area contributed by atoms with E-state index in [-0.39, 0.29) is 5.70 Å². The van der Waals surface area contributed by atoms with Gasteiger partial charge in [-0.15, -0.1) is 11.8 Å². The van der Waals surface area contributed by atoms with Crippen LogP contribution in [0.15, 0.2) is 59.4 Å². The lowest BCUT2D eigenvalue weighted by atomic mass is 10.0. The van der Waals surface area contributed by atoms with Crippen LogP contribution in [-0.4, -0.2) is 65.8 Å². The summed E-state index contributed by atoms with van der Waals surface area (Å²) in [4.78, 5) is 49.8. The number of fused-ring (bicyclic) bond motifs is 1. The van der Waals surface area contributed by atoms with Crippen molar-refractivity contribution in [3.63, 3.8) is 0 Å². The van der Waals surface area contributed by atoms with Crippen LogP contribution in [0.2, 0.25) is 0 Å². The number of hydrogen-bond acceptors (Lipinski definition) is 8. The molecular weight excluding hydrogens is 440 g/mol. The molecule has 4 rings (SSSR count). The predicted molar refractivity (Wildman–Crippen MR) is 114 cm³/mol. The lowest BCUT2D eigenvalue weighted by Crippen LogP contribution is -2.71. The molecule has 1 unspecified atom stereocenters. The smallest absolute Gasteiger partial charge is 0.352 e. The first-order chi connectivity index (χ1) is 15.0. The maximum atomic E-state index is 12.7. The van der Waals surface area contributed by atoms with Crippen LogP contribution in [0.4, 0.5) is 4.79 Å². The van der Waals surface area contributed by atoms with E-state index in [0.29, 0.717) is 28.8 Å². The lowest BCUT2D eigenvalue weighted by Gasteiger charge is -2.49. The average molecular weight is 459 g/mol. The number of carbonyl (C=O) groups is 3. The molecule has 1 saturated heterocycles. The SMILES string of the molecule is O=C(NCc1ccccc1)NC1C(=O)N2C(C(=O)O)=C(CSc3ncncn3)CS[C@H]12. The number of aliphatic carboxylic acids is 1. The molecule has 2 aliphatic rings. The van der Waals surface area contributed by atoms with E-state index < -0.39 is 29.3 Å². The van der Waals surface area contributed by atoms with Gasteiger partial charge >= 0.3 is 12.0 Å². The Morgan fingerprint density at radius 1 is 1.23 bits per heavy atom. The fourth-order valence-electron chi connectivity index (χ4n) is 3.22. The van der Waals surface area contributed by atoms with Crippen molar-refractivity contribution in [3.8, 4) is 0 Å². The highest BCUT2D eigenvalue weighted by molar-refractivity contribution is 8.01. The van der Waals surface area contributed by atoms with Gasteiger partial charge in [0.25, 0.3) is 5.91 Å². The summed E-state index contributed by atoms with van der Waals surface area (Å²) in [5.41, 5.74) is 1.51. The van der Waals surface area contributed by atoms with Crippen LogP contribution < -0.4 is 10.6 Å². The van der Waals surface area contributed by atoms with E-state index in [1.807, 2.05) is 30.3 Å². The second kappa shape index (κ2) is 9.35. The minimum atomic E-state index is -1.17. The summed E-state index contributed by atoms with van der Waals surface area (Å²) in [5.74, 6) is -0.841. The van der Waals surface area contributed by atoms with Gasteiger partial charge in [0, 0.05) is 18.1 Å². The zero-order valence-corrected chi connectivity index (χ0v) is 17.7. The molecule has 0 radical (unpaired) electrons. The van der Waals surface area contributed by atoms with Crippen LogP contribution in [0.25, 0.3) is 0 Å². The minimum Gasteiger partial charge on any atom is -0.477 e. The van der Waals surface area contributed by atoms with Crippen molar-refractivity contribution in [2.45, 2.75) is 23.1 Å². The summed E-state index contributed by atoms with van der Waals surface area (Å²) in [6.07, 6.45) is 2.73. The number of nitrogens with zero attached hydrogens (tertiary/aromatic N) is 4. The first-order valence-corrected chi connectivity index (χ1v) is 11.3. The molecule has 1 aromatic carbocycles. The molecule has 0 saturated carbocycles. The number of nitrogens with one attached hydrogen (secondary N) is 2. The van der Waals surface area contributed by atoms with Crippen molar-refractivity contribution in [3.05, 3.63) is 59.8 Å². The van der Waals surface area contributed by atoms with Gasteiger partial charge < -0.3 is 15.7 Å². The Balaban J connectivity index is 1.38. The molecule has 3 amide bonds. The van der Waals surface area contributed by atoms with E-state index in [1.54, 1.807) is 0 Å². The molecular formula is C19H18N6O4S2. The van der Waals surface area contributed by atoms with Gasteiger partial charge in [0.05, 0.1) is 0 Å². The number of carbonyl (C=O) groups excluding carboxylic acids is 2. The molecule has 2 aliphatic heterocycles. The maximum absolute atomic E-state index is 12.7. The molecule has 2 atom stereocenters. The standard InChI is InChI=1S/C19H18N6O4S2/c26-15-13(24-18(29)21-6-11-4-2-1-3-5-11)16-25(15)14(17(27)28)12(7-30-16)8-31-19-22-9-20-10-23-19/h1-5,9-10,13,16H,6-8H2,(H,27,28)(H2,21,24,29)/t13?,16-/m1/s1. The van der Waals surface area contributed by atoms with Crippen LogP contribution in [-0.2, 0) is 16.1 Å². The number of carboxylic acids is 1. The van der Waals surface area contributed by atoms with Crippen molar-refractivity contribution in [2.24, 2.45) is 0 Å². The number of benzene rings is 1. The fraction of sp³-hybridized carbons (Fsp3) is 0.263. The van der Waals surface area contributed by atoms with Crippen LogP contribution in [0.5, 0.6) is 0 Å². The predicted octanol–water partition coefficient (Wildman–Crippen LogP) is 1.09. The number of rotatable bonds is 7. The number of amides is 3. The Kier molecular flexibility index (Phi) is 6.37. The average Bonchev–Trinajstić information content (AvgIpc) is 2.80. The number of β-lactam (4-membered cyclic amide) rings is 1. The van der Waals surface area contributed by atoms with Crippen LogP contribution in [0, 0.1) is 0 Å². The third-order valence-corrected chi connectivity index (χ3v) is 6.98. The van der Waals surface area contributed by atoms with Gasteiger partial charge in [-0.1, -0.05) is 42.1 Å². The van der Waals surface area contributed by atoms with E-state index in [1.165, 1.54) is 41.1 Å². The second-order valence-corrected chi connectivity index (χ2v) is 8.71. The van der Waals surface area contributed by atoms with Gasteiger partial charge in [-0.05, 0) is 11.1 Å². The monoisotopic (exact) mass is 458 g/mol. The molecule has 0 bridgehead atoms. The maximum Gasteiger partial charge on any atom is 0.352 e. The molecule has 0 spiro atoms. The Bertz CT molecular complexity index is 1020. The molecule has 1 fully saturated rings. The molecule has 31 heavy (non-hydrogen) atoms. The zero-order chi connectivity index (χ0) is 21.8. The Labute approximate surface area is 185 Å². The van der Waals surface area contributed by atoms with Crippen molar-refractivity contribution < 1.29 is 19.5 Å². The van der Waals surface area contributed by atoms with Crippen LogP contribution >= 0.6 is 23.5 Å². The van der Waals surface area contributed by atoms with Crippen molar-refractivity contribution in [2.75, 3.05) is 11.5 Å². The van der Waals surface area contributed by atoms with Gasteiger partial charge in [-0.2, -0.15) is 0 Å². The molecule has 3 N–H and O–H groups in total. The number of hydrogen-bond donors (Lipinski definition) is 3. The number of urea groups is 1. The van der Waals surface area contributed by atoms with E-state index in [4.69, 9.17) is 0 Å². The lowest BCUT2D eigenvalue weighted by molar-refractivity contribution is -0.148. The highest BCUT2D eigenvalue weighted by atomic mass is 32.2. The van der Waals surface area contributed by atoms with E-state index >= 15 is 0 Å². The summed E-state index contributed by atoms with van der Waals surface area (Å²) in [5, 5.41) is 15.1. The van der Waals surface area contributed by atoms with E-state index in [0.717, 1.165) is 5.56 Å². The molecule has 160 valence electrons. The van der Waals surface area contributed by atoms with Crippen LogP contribution in [0.3, 0.4) is 0 Å². The quantitative estimate of drug-likeness (QED) is 0.411. The topological polar surface area (TPSA) is 137 Å². The van der Waals surface area contributed by atoms with Crippen molar-refractivity contribution in [1.82, 2.24) is 30.5 Å². The van der Waals surface area contributed by atoms with Gasteiger partial charge in [0.1, 0.15) is 29.8 Å². The number of carboxylic acid groups (broad SMARTS) is 1. The Morgan fingerprint density at radius 3 is 2.68 bits per heavy atom. The fourth-order valence-corrected chi connectivity index (χ4v) is 5.48. The van der Waals surface area contributed by atoms with Crippen molar-refractivity contribution in [1.29, 1.82) is 0 Å². The Hall–Kier alpha value is -3.12. The van der Waals surface area contributed by atoms with Crippen molar-refractivity contribution >= 4 is 41.4 Å². The van der Waals surface area contributed by atoms with Gasteiger partial charge in [-0.3, -0.25) is 9.69 Å². The molecule has 12 heteroatoms. The van der Waals surface area contributed by atoms with Crippen LogP contribution in [0.1, 0.15) is 5.56 Å². The normalized spacial score (nSPS) is 20.0. The van der Waals surface area contributed by atoms with Gasteiger partial charge in [0.15, 0.2) is 5.16 Å². The summed E-state index contributed by atoms with van der Waals surface area (Å²) in [6.45, 7) is 0.327. The zero-order valence-electron chi connectivity index (χ0n) is 16.1. The number of aromatic nitrogens is 3. The second-order valence-electron chi connectivity index (χ2n) is 6.67. The van der Waals surface area contributed by atoms with E-state index in [2.05, 4.69) is 25.6 Å². The molecule has 10 nitrogen and oxygen atoms in total. The highest BCUT2D eigenvalue weighted by Crippen LogP contribution is 2.41. The summed E-state index contributed by atoms with van der Waals surface area (Å²) < 4.78 is 0. The summed E-state index contributed by atoms with van der Waals surface area (Å²) in [7, 11) is 0. The Morgan fingerprint density at radius 2 is 1.97 bits per heavy atom. The summed E-state index contributed by atoms with van der Waals surface area (Å²) in [6, 6.07) is 8.15. The van der Waals surface area contributed by atoms with Gasteiger partial charge in [-0.25, -0.2) is 24.5 Å². The minimum absolute atomic E-state index is 0.0296. The van der Waals surface area contributed by atoms with E-state index in [9.17, 15) is 19.5 Å². The largest absolute Gasteiger partial charge is 0.477 e. The molecule has 2 aromatic rings. The molecule has 0 aliphatic carbocycles. The third-order valence-electron chi connectivity index (χ3n) is 4.68. The third kappa shape index (κ3) is 4.64. The molecule has 3 heterocycles. The first-order valence-electron chi connectivity index (χ1n) is 9.27. The highest BCUT2D eigenvalue weighted by Gasteiger charge is 2.54. The summed E-state index contributed by atoms with van der Waals surface area (Å²) >= 11 is 2.70.